The van der Waals surface area contributed by atoms with Crippen LogP contribution in [-0.2, 0) is 4.79 Å². The van der Waals surface area contributed by atoms with Crippen LogP contribution in [0.5, 0.6) is 5.88 Å². The van der Waals surface area contributed by atoms with E-state index in [-0.39, 0.29) is 19.0 Å². The number of nitrogens with one attached hydrogen (secondary N) is 1. The van der Waals surface area contributed by atoms with Crippen LogP contribution < -0.4 is 10.1 Å². The maximum Gasteiger partial charge on any atom is 0.246 e. The Morgan fingerprint density at radius 1 is 1.38 bits per heavy atom. The van der Waals surface area contributed by atoms with Gasteiger partial charge in [0, 0.05) is 29.4 Å². The van der Waals surface area contributed by atoms with E-state index in [4.69, 9.17) is 4.74 Å². The lowest BCUT2D eigenvalue weighted by molar-refractivity contribution is -0.125. The van der Waals surface area contributed by atoms with Gasteiger partial charge < -0.3 is 19.5 Å². The van der Waals surface area contributed by atoms with E-state index < -0.39 is 12.3 Å². The van der Waals surface area contributed by atoms with Crippen LogP contribution in [-0.4, -0.2) is 50.7 Å². The van der Waals surface area contributed by atoms with E-state index in [1.54, 1.807) is 11.3 Å². The second-order valence-electron chi connectivity index (χ2n) is 8.43. The summed E-state index contributed by atoms with van der Waals surface area (Å²) in [6.45, 7) is 5.65. The molecule has 2 atom stereocenters. The molecule has 0 spiro atoms. The number of alkyl halides is 1. The van der Waals surface area contributed by atoms with Crippen LogP contribution in [0.25, 0.3) is 10.9 Å². The molecule has 0 radical (unpaired) electrons. The highest BCUT2D eigenvalue weighted by atomic mass is 32.1. The van der Waals surface area contributed by atoms with Gasteiger partial charge >= 0.3 is 0 Å². The molecule has 32 heavy (non-hydrogen) atoms. The average Bonchev–Trinajstić information content (AvgIpc) is 3.56. The SMILES string of the molecule is C=CC(=O)N1C[C@H](F)[C@H](Oc2nc(Nc3ncc(C)s3)cc3c2ccn3C2CCCC2)C1. The molecule has 1 aliphatic carbocycles. The number of carbonyl (C=O) groups excluding carboxylic acids is 1. The number of amides is 1. The van der Waals surface area contributed by atoms with Gasteiger partial charge in [0.25, 0.3) is 0 Å². The summed E-state index contributed by atoms with van der Waals surface area (Å²) in [5.41, 5.74) is 1.00. The molecule has 0 bridgehead atoms. The molecule has 1 aliphatic heterocycles. The first kappa shape index (κ1) is 20.9. The van der Waals surface area contributed by atoms with Crippen molar-refractivity contribution in [2.24, 2.45) is 0 Å². The molecular weight excluding hydrogens is 429 g/mol. The summed E-state index contributed by atoms with van der Waals surface area (Å²) < 4.78 is 23.1. The molecule has 3 aromatic rings. The predicted octanol–water partition coefficient (Wildman–Crippen LogP) is 4.77. The largest absolute Gasteiger partial charge is 0.469 e. The number of hydrogen-bond donors (Lipinski definition) is 1. The second kappa shape index (κ2) is 8.54. The van der Waals surface area contributed by atoms with Crippen LogP contribution in [0.15, 0.2) is 37.2 Å². The van der Waals surface area contributed by atoms with Crippen LogP contribution in [0, 0.1) is 6.92 Å². The molecule has 2 aliphatic rings. The standard InChI is InChI=1S/C23H26FN5O2S/c1-3-21(30)28-12-17(24)19(13-28)31-22-16-8-9-29(15-6-4-5-7-15)18(16)10-20(26-22)27-23-25-11-14(2)32-23/h3,8-11,15,17,19H,1,4-7,12-13H2,2H3,(H,25,26,27)/t17-,19+/m0/s1. The Morgan fingerprint density at radius 3 is 2.91 bits per heavy atom. The third-order valence-electron chi connectivity index (χ3n) is 6.20. The van der Waals surface area contributed by atoms with Crippen molar-refractivity contribution in [2.75, 3.05) is 18.4 Å². The molecule has 1 amide bonds. The molecule has 5 rings (SSSR count). The van der Waals surface area contributed by atoms with Crippen molar-refractivity contribution in [1.82, 2.24) is 19.4 Å². The molecule has 0 aromatic carbocycles. The third kappa shape index (κ3) is 3.97. The Labute approximate surface area is 189 Å². The van der Waals surface area contributed by atoms with Crippen molar-refractivity contribution in [2.45, 2.75) is 50.9 Å². The molecule has 168 valence electrons. The van der Waals surface area contributed by atoms with Crippen molar-refractivity contribution >= 4 is 39.1 Å². The molecule has 0 unspecified atom stereocenters. The van der Waals surface area contributed by atoms with E-state index >= 15 is 0 Å². The van der Waals surface area contributed by atoms with Crippen LogP contribution >= 0.6 is 11.3 Å². The Hall–Kier alpha value is -2.94. The van der Waals surface area contributed by atoms with Crippen LogP contribution in [0.2, 0.25) is 0 Å². The molecule has 3 aromatic heterocycles. The Bertz CT molecular complexity index is 1150. The monoisotopic (exact) mass is 455 g/mol. The van der Waals surface area contributed by atoms with Crippen LogP contribution in [0.3, 0.4) is 0 Å². The summed E-state index contributed by atoms with van der Waals surface area (Å²) in [5.74, 6) is 0.682. The number of carbonyl (C=O) groups is 1. The summed E-state index contributed by atoms with van der Waals surface area (Å²) in [7, 11) is 0. The molecule has 2 fully saturated rings. The zero-order valence-electron chi connectivity index (χ0n) is 18.0. The van der Waals surface area contributed by atoms with Gasteiger partial charge in [0.2, 0.25) is 11.8 Å². The first-order valence-corrected chi connectivity index (χ1v) is 11.8. The van der Waals surface area contributed by atoms with Gasteiger partial charge in [-0.1, -0.05) is 19.4 Å². The highest BCUT2D eigenvalue weighted by molar-refractivity contribution is 7.15. The fourth-order valence-corrected chi connectivity index (χ4v) is 5.27. The van der Waals surface area contributed by atoms with E-state index in [0.29, 0.717) is 17.7 Å². The van der Waals surface area contributed by atoms with Gasteiger partial charge in [-0.3, -0.25) is 4.79 Å². The van der Waals surface area contributed by atoms with Gasteiger partial charge in [-0.15, -0.1) is 11.3 Å². The normalized spacial score (nSPS) is 21.4. The molecule has 4 heterocycles. The van der Waals surface area contributed by atoms with E-state index in [0.717, 1.165) is 33.8 Å². The van der Waals surface area contributed by atoms with Crippen LogP contribution in [0.1, 0.15) is 36.6 Å². The smallest absolute Gasteiger partial charge is 0.246 e. The molecule has 9 heteroatoms. The number of aryl methyl sites for hydroxylation is 1. The Morgan fingerprint density at radius 2 is 2.19 bits per heavy atom. The van der Waals surface area contributed by atoms with E-state index in [2.05, 4.69) is 32.6 Å². The fourth-order valence-electron chi connectivity index (χ4n) is 4.60. The highest BCUT2D eigenvalue weighted by Gasteiger charge is 2.37. The van der Waals surface area contributed by atoms with Crippen molar-refractivity contribution in [1.29, 1.82) is 0 Å². The summed E-state index contributed by atoms with van der Waals surface area (Å²) in [5, 5.41) is 4.86. The average molecular weight is 456 g/mol. The maximum absolute atomic E-state index is 14.7. The topological polar surface area (TPSA) is 72.3 Å². The Balaban J connectivity index is 1.50. The van der Waals surface area contributed by atoms with Gasteiger partial charge in [0.1, 0.15) is 5.82 Å². The van der Waals surface area contributed by atoms with Gasteiger partial charge in [-0.05, 0) is 31.9 Å². The number of thiazole rings is 1. The minimum Gasteiger partial charge on any atom is -0.469 e. The predicted molar refractivity (Wildman–Crippen MR) is 123 cm³/mol. The summed E-state index contributed by atoms with van der Waals surface area (Å²) in [6.07, 6.45) is 7.75. The van der Waals surface area contributed by atoms with Crippen molar-refractivity contribution in [3.05, 3.63) is 42.1 Å². The molecule has 7 nitrogen and oxygen atoms in total. The summed E-state index contributed by atoms with van der Waals surface area (Å²) in [6, 6.07) is 4.44. The van der Waals surface area contributed by atoms with Crippen molar-refractivity contribution in [3.63, 3.8) is 0 Å². The molecule has 1 N–H and O–H groups in total. The summed E-state index contributed by atoms with van der Waals surface area (Å²) >= 11 is 1.54. The van der Waals surface area contributed by atoms with Gasteiger partial charge in [-0.2, -0.15) is 4.98 Å². The lowest BCUT2D eigenvalue weighted by Gasteiger charge is -2.18. The number of fused-ring (bicyclic) bond motifs is 1. The first-order valence-electron chi connectivity index (χ1n) is 10.9. The number of anilines is 2. The quantitative estimate of drug-likeness (QED) is 0.542. The van der Waals surface area contributed by atoms with E-state index in [9.17, 15) is 9.18 Å². The number of pyridine rings is 1. The zero-order chi connectivity index (χ0) is 22.2. The fraction of sp³-hybridized carbons (Fsp3) is 0.435. The lowest BCUT2D eigenvalue weighted by Crippen LogP contribution is -2.30. The van der Waals surface area contributed by atoms with Gasteiger partial charge in [0.15, 0.2) is 17.4 Å². The number of rotatable bonds is 6. The number of aromatic nitrogens is 3. The molecule has 1 saturated heterocycles. The first-order chi connectivity index (χ1) is 15.5. The van der Waals surface area contributed by atoms with Crippen molar-refractivity contribution in [3.8, 4) is 5.88 Å². The van der Waals surface area contributed by atoms with Gasteiger partial charge in [-0.25, -0.2) is 9.37 Å². The zero-order valence-corrected chi connectivity index (χ0v) is 18.8. The second-order valence-corrected chi connectivity index (χ2v) is 9.66. The minimum atomic E-state index is -1.29. The number of hydrogen-bond acceptors (Lipinski definition) is 6. The minimum absolute atomic E-state index is 0.00190. The number of ether oxygens (including phenoxy) is 1. The summed E-state index contributed by atoms with van der Waals surface area (Å²) in [4.78, 5) is 23.5. The van der Waals surface area contributed by atoms with Crippen molar-refractivity contribution < 1.29 is 13.9 Å². The maximum atomic E-state index is 14.7. The van der Waals surface area contributed by atoms with E-state index in [1.807, 2.05) is 25.3 Å². The lowest BCUT2D eigenvalue weighted by atomic mass is 10.2. The number of nitrogens with zero attached hydrogens (tertiary/aromatic N) is 4. The molecule has 1 saturated carbocycles. The Kier molecular flexibility index (Phi) is 5.58. The number of halogens is 1. The molecular formula is C23H26FN5O2S. The third-order valence-corrected chi connectivity index (χ3v) is 7.03. The van der Waals surface area contributed by atoms with Gasteiger partial charge in [0.05, 0.1) is 24.0 Å². The van der Waals surface area contributed by atoms with Crippen LogP contribution in [0.4, 0.5) is 15.3 Å². The highest BCUT2D eigenvalue weighted by Crippen LogP contribution is 2.37. The number of likely N-dealkylation sites (tertiary alicyclic amines) is 1. The van der Waals surface area contributed by atoms with E-state index in [1.165, 1.54) is 23.8 Å².